The Balaban J connectivity index is 2.44. The lowest BCUT2D eigenvalue weighted by molar-refractivity contribution is 0.658. The van der Waals surface area contributed by atoms with Gasteiger partial charge in [0.05, 0.1) is 0 Å². The van der Waals surface area contributed by atoms with Crippen molar-refractivity contribution < 1.29 is 0 Å². The summed E-state index contributed by atoms with van der Waals surface area (Å²) in [6, 6.07) is 13.7. The highest BCUT2D eigenvalue weighted by atomic mass is 14.4. The minimum Gasteiger partial charge on any atom is -0.0616 e. The molecule has 0 heteroatoms. The van der Waals surface area contributed by atoms with Crippen LogP contribution in [0.4, 0.5) is 0 Å². The normalized spacial score (nSPS) is 15.4. The number of fused-ring (bicyclic) bond motifs is 3. The summed E-state index contributed by atoms with van der Waals surface area (Å²) in [4.78, 5) is 0. The van der Waals surface area contributed by atoms with Crippen LogP contribution in [0.2, 0.25) is 0 Å². The zero-order chi connectivity index (χ0) is 15.4. The Labute approximate surface area is 129 Å². The van der Waals surface area contributed by atoms with Crippen LogP contribution in [-0.4, -0.2) is 0 Å². The topological polar surface area (TPSA) is 0 Å². The SMILES string of the molecule is CC(C)c1cccc2c1-c1c(C(C)C)cccc1C2(C)C. The van der Waals surface area contributed by atoms with Crippen LogP contribution >= 0.6 is 0 Å². The smallest absolute Gasteiger partial charge is 0.0159 e. The maximum atomic E-state index is 2.37. The van der Waals surface area contributed by atoms with Gasteiger partial charge in [0.15, 0.2) is 0 Å². The highest BCUT2D eigenvalue weighted by Gasteiger charge is 2.38. The van der Waals surface area contributed by atoms with Crippen molar-refractivity contribution in [3.63, 3.8) is 0 Å². The summed E-state index contributed by atoms with van der Waals surface area (Å²) in [6.45, 7) is 14.0. The molecule has 0 saturated heterocycles. The Hall–Kier alpha value is -1.56. The van der Waals surface area contributed by atoms with Crippen molar-refractivity contribution in [2.75, 3.05) is 0 Å². The predicted octanol–water partition coefficient (Wildman–Crippen LogP) is 6.24. The van der Waals surface area contributed by atoms with Crippen molar-refractivity contribution in [2.45, 2.75) is 58.8 Å². The highest BCUT2D eigenvalue weighted by molar-refractivity contribution is 5.86. The molecule has 0 aliphatic heterocycles. The third kappa shape index (κ3) is 1.96. The number of hydrogen-bond acceptors (Lipinski definition) is 0. The summed E-state index contributed by atoms with van der Waals surface area (Å²) in [5.74, 6) is 1.11. The van der Waals surface area contributed by atoms with E-state index in [1.54, 1.807) is 0 Å². The second-order valence-corrected chi connectivity index (χ2v) is 7.47. The third-order valence-electron chi connectivity index (χ3n) is 5.03. The quantitative estimate of drug-likeness (QED) is 0.610. The first kappa shape index (κ1) is 14.4. The zero-order valence-corrected chi connectivity index (χ0v) is 14.1. The summed E-state index contributed by atoms with van der Waals surface area (Å²) in [7, 11) is 0. The Morgan fingerprint density at radius 1 is 0.667 bits per heavy atom. The summed E-state index contributed by atoms with van der Waals surface area (Å²) >= 11 is 0. The Morgan fingerprint density at radius 3 is 1.38 bits per heavy atom. The van der Waals surface area contributed by atoms with Gasteiger partial charge in [-0.1, -0.05) is 77.9 Å². The summed E-state index contributed by atoms with van der Waals surface area (Å²) in [6.07, 6.45) is 0. The lowest BCUT2D eigenvalue weighted by atomic mass is 9.81. The summed E-state index contributed by atoms with van der Waals surface area (Å²) in [5, 5.41) is 0. The average molecular weight is 278 g/mol. The predicted molar refractivity (Wildman–Crippen MR) is 92.2 cm³/mol. The van der Waals surface area contributed by atoms with E-state index in [9.17, 15) is 0 Å². The van der Waals surface area contributed by atoms with Gasteiger partial charge in [-0.25, -0.2) is 0 Å². The molecule has 110 valence electrons. The van der Waals surface area contributed by atoms with Gasteiger partial charge in [-0.2, -0.15) is 0 Å². The Morgan fingerprint density at radius 2 is 1.05 bits per heavy atom. The van der Waals surface area contributed by atoms with Crippen LogP contribution in [-0.2, 0) is 5.41 Å². The lowest BCUT2D eigenvalue weighted by Gasteiger charge is -2.22. The fourth-order valence-corrected chi connectivity index (χ4v) is 3.85. The van der Waals surface area contributed by atoms with Gasteiger partial charge < -0.3 is 0 Å². The lowest BCUT2D eigenvalue weighted by Crippen LogP contribution is -2.15. The van der Waals surface area contributed by atoms with E-state index in [1.807, 2.05) is 0 Å². The van der Waals surface area contributed by atoms with Crippen molar-refractivity contribution in [3.8, 4) is 11.1 Å². The van der Waals surface area contributed by atoms with E-state index in [0.29, 0.717) is 11.8 Å². The number of hydrogen-bond donors (Lipinski definition) is 0. The maximum absolute atomic E-state index is 2.37. The second kappa shape index (κ2) is 4.73. The van der Waals surface area contributed by atoms with E-state index in [2.05, 4.69) is 77.9 Å². The van der Waals surface area contributed by atoms with Crippen LogP contribution in [0.15, 0.2) is 36.4 Å². The minimum absolute atomic E-state index is 0.112. The molecule has 0 amide bonds. The van der Waals surface area contributed by atoms with Crippen LogP contribution in [0.25, 0.3) is 11.1 Å². The molecule has 1 aliphatic carbocycles. The molecular weight excluding hydrogens is 252 g/mol. The van der Waals surface area contributed by atoms with E-state index < -0.39 is 0 Å². The first-order valence-corrected chi connectivity index (χ1v) is 8.12. The van der Waals surface area contributed by atoms with Gasteiger partial charge in [0.2, 0.25) is 0 Å². The van der Waals surface area contributed by atoms with Gasteiger partial charge in [0, 0.05) is 5.41 Å². The van der Waals surface area contributed by atoms with E-state index in [0.717, 1.165) is 0 Å². The van der Waals surface area contributed by atoms with Gasteiger partial charge in [-0.3, -0.25) is 0 Å². The van der Waals surface area contributed by atoms with E-state index >= 15 is 0 Å². The first-order chi connectivity index (χ1) is 9.85. The molecule has 2 aromatic carbocycles. The molecule has 3 rings (SSSR count). The third-order valence-corrected chi connectivity index (χ3v) is 5.03. The van der Waals surface area contributed by atoms with Gasteiger partial charge in [0.25, 0.3) is 0 Å². The Kier molecular flexibility index (Phi) is 3.24. The number of benzene rings is 2. The molecule has 0 unspecified atom stereocenters. The number of rotatable bonds is 2. The van der Waals surface area contributed by atoms with Crippen molar-refractivity contribution in [2.24, 2.45) is 0 Å². The zero-order valence-electron chi connectivity index (χ0n) is 14.1. The van der Waals surface area contributed by atoms with Gasteiger partial charge >= 0.3 is 0 Å². The molecular formula is C21H26. The van der Waals surface area contributed by atoms with Gasteiger partial charge in [0.1, 0.15) is 0 Å². The molecule has 0 radical (unpaired) electrons. The fourth-order valence-electron chi connectivity index (χ4n) is 3.85. The highest BCUT2D eigenvalue weighted by Crippen LogP contribution is 2.53. The molecule has 1 aliphatic rings. The molecule has 21 heavy (non-hydrogen) atoms. The monoisotopic (exact) mass is 278 g/mol. The molecule has 0 fully saturated rings. The molecule has 0 atom stereocenters. The maximum Gasteiger partial charge on any atom is 0.0159 e. The molecule has 0 saturated carbocycles. The van der Waals surface area contributed by atoms with Crippen LogP contribution in [0.1, 0.15) is 75.6 Å². The van der Waals surface area contributed by atoms with Crippen LogP contribution in [0.3, 0.4) is 0 Å². The van der Waals surface area contributed by atoms with E-state index in [1.165, 1.54) is 33.4 Å². The second-order valence-electron chi connectivity index (χ2n) is 7.47. The van der Waals surface area contributed by atoms with Crippen LogP contribution < -0.4 is 0 Å². The van der Waals surface area contributed by atoms with Crippen molar-refractivity contribution in [1.29, 1.82) is 0 Å². The van der Waals surface area contributed by atoms with Crippen molar-refractivity contribution in [1.82, 2.24) is 0 Å². The fraction of sp³-hybridized carbons (Fsp3) is 0.429. The van der Waals surface area contributed by atoms with E-state index in [-0.39, 0.29) is 5.41 Å². The molecule has 0 nitrogen and oxygen atoms in total. The summed E-state index contributed by atoms with van der Waals surface area (Å²) < 4.78 is 0. The van der Waals surface area contributed by atoms with Gasteiger partial charge in [-0.15, -0.1) is 0 Å². The first-order valence-electron chi connectivity index (χ1n) is 8.12. The van der Waals surface area contributed by atoms with Crippen molar-refractivity contribution >= 4 is 0 Å². The standard InChI is InChI=1S/C21H26/c1-13(2)15-9-7-11-17-19(15)20-16(14(3)4)10-8-12-18(20)21(17,5)6/h7-14H,1-6H3. The van der Waals surface area contributed by atoms with Crippen LogP contribution in [0.5, 0.6) is 0 Å². The van der Waals surface area contributed by atoms with Gasteiger partial charge in [-0.05, 0) is 45.2 Å². The largest absolute Gasteiger partial charge is 0.0616 e. The minimum atomic E-state index is 0.112. The molecule has 0 bridgehead atoms. The van der Waals surface area contributed by atoms with Crippen LogP contribution in [0, 0.1) is 0 Å². The molecule has 0 aromatic heterocycles. The Bertz CT molecular complexity index is 628. The summed E-state index contributed by atoms with van der Waals surface area (Å²) in [5.41, 5.74) is 9.11. The molecule has 0 heterocycles. The van der Waals surface area contributed by atoms with E-state index in [4.69, 9.17) is 0 Å². The molecule has 0 N–H and O–H groups in total. The van der Waals surface area contributed by atoms with Crippen molar-refractivity contribution in [3.05, 3.63) is 58.7 Å². The molecule has 0 spiro atoms. The average Bonchev–Trinajstić information content (AvgIpc) is 2.67. The molecule has 2 aromatic rings.